The first-order chi connectivity index (χ1) is 22.7. The highest BCUT2D eigenvalue weighted by molar-refractivity contribution is 6.34. The van der Waals surface area contributed by atoms with Crippen molar-refractivity contribution in [2.24, 2.45) is 0 Å². The number of anilines is 1. The van der Waals surface area contributed by atoms with Gasteiger partial charge in [-0.2, -0.15) is 0 Å². The van der Waals surface area contributed by atoms with E-state index in [1.165, 1.54) is 60.1 Å². The smallest absolute Gasteiger partial charge is 0.343 e. The van der Waals surface area contributed by atoms with Crippen LogP contribution in [0.3, 0.4) is 0 Å². The topological polar surface area (TPSA) is 101 Å². The van der Waals surface area contributed by atoms with Gasteiger partial charge in [0.05, 0.1) is 33.5 Å². The van der Waals surface area contributed by atoms with Crippen LogP contribution < -0.4 is 9.64 Å². The largest absolute Gasteiger partial charge is 0.423 e. The normalized spacial score (nSPS) is 13.7. The zero-order valence-electron chi connectivity index (χ0n) is 25.7. The molecule has 8 nitrogen and oxygen atoms in total. The van der Waals surface area contributed by atoms with E-state index in [1.807, 2.05) is 12.1 Å². The van der Waals surface area contributed by atoms with E-state index in [-0.39, 0.29) is 33.6 Å². The number of ether oxygens (including phenoxy) is 1. The summed E-state index contributed by atoms with van der Waals surface area (Å²) in [5, 5.41) is 0. The van der Waals surface area contributed by atoms with Crippen LogP contribution in [0.25, 0.3) is 0 Å². The second kappa shape index (κ2) is 11.7. The fraction of sp³-hybridized carbons (Fsp3) is 0.103. The average molecular weight is 621 g/mol. The first-order valence-corrected chi connectivity index (χ1v) is 15.1. The van der Waals surface area contributed by atoms with Crippen LogP contribution in [-0.4, -0.2) is 41.5 Å². The number of hydrogen-bond acceptors (Lipinski definition) is 6. The predicted octanol–water partition coefficient (Wildman–Crippen LogP) is 6.42. The number of carbonyl (C=O) groups is 5. The molecule has 2 aliphatic heterocycles. The van der Waals surface area contributed by atoms with Gasteiger partial charge in [0.1, 0.15) is 5.75 Å². The first-order valence-electron chi connectivity index (χ1n) is 15.1. The summed E-state index contributed by atoms with van der Waals surface area (Å²) in [5.74, 6) is -2.63. The van der Waals surface area contributed by atoms with Gasteiger partial charge in [0.25, 0.3) is 23.6 Å². The van der Waals surface area contributed by atoms with E-state index < -0.39 is 29.6 Å². The minimum Gasteiger partial charge on any atom is -0.423 e. The molecule has 2 heterocycles. The van der Waals surface area contributed by atoms with Gasteiger partial charge in [-0.25, -0.2) is 9.69 Å². The summed E-state index contributed by atoms with van der Waals surface area (Å²) in [6.45, 7) is 2.08. The third-order valence-corrected chi connectivity index (χ3v) is 8.55. The molecule has 0 fully saturated rings. The Morgan fingerprint density at radius 2 is 1.02 bits per heavy atom. The molecular formula is C39H28N2O6. The van der Waals surface area contributed by atoms with Crippen molar-refractivity contribution in [1.29, 1.82) is 0 Å². The van der Waals surface area contributed by atoms with Gasteiger partial charge in [-0.1, -0.05) is 66.2 Å². The van der Waals surface area contributed by atoms with Crippen LogP contribution in [0.2, 0.25) is 0 Å². The Balaban J connectivity index is 1.02. The van der Waals surface area contributed by atoms with Crippen molar-refractivity contribution in [2.45, 2.75) is 19.8 Å². The molecule has 7 rings (SSSR count). The van der Waals surface area contributed by atoms with E-state index in [9.17, 15) is 24.0 Å². The molecule has 0 saturated carbocycles. The lowest BCUT2D eigenvalue weighted by molar-refractivity contribution is 0.0687. The Morgan fingerprint density at radius 3 is 1.64 bits per heavy atom. The van der Waals surface area contributed by atoms with Crippen molar-refractivity contribution < 1.29 is 28.7 Å². The summed E-state index contributed by atoms with van der Waals surface area (Å²) >= 11 is 0. The summed E-state index contributed by atoms with van der Waals surface area (Å²) in [6, 6.07) is 32.7. The average Bonchev–Trinajstić information content (AvgIpc) is 3.46. The molecule has 0 aliphatic carbocycles. The molecule has 230 valence electrons. The molecular weight excluding hydrogens is 592 g/mol. The molecule has 4 amide bonds. The van der Waals surface area contributed by atoms with E-state index in [1.54, 1.807) is 12.1 Å². The number of aryl methyl sites for hydroxylation is 1. The number of imide groups is 2. The summed E-state index contributed by atoms with van der Waals surface area (Å²) < 4.78 is 5.45. The molecule has 5 aromatic rings. The number of amides is 4. The summed E-state index contributed by atoms with van der Waals surface area (Å²) in [6.07, 6.45) is 1.57. The molecule has 0 atom stereocenters. The lowest BCUT2D eigenvalue weighted by Gasteiger charge is -2.14. The van der Waals surface area contributed by atoms with E-state index in [0.29, 0.717) is 12.1 Å². The van der Waals surface area contributed by atoms with Crippen molar-refractivity contribution in [3.8, 4) is 5.75 Å². The van der Waals surface area contributed by atoms with Crippen molar-refractivity contribution >= 4 is 35.3 Å². The maximum Gasteiger partial charge on any atom is 0.343 e. The Bertz CT molecular complexity index is 2120. The van der Waals surface area contributed by atoms with Crippen molar-refractivity contribution in [2.75, 3.05) is 11.9 Å². The number of nitrogens with zero attached hydrogens (tertiary/aromatic N) is 2. The van der Waals surface area contributed by atoms with Gasteiger partial charge in [0.15, 0.2) is 0 Å². The molecule has 5 aromatic carbocycles. The van der Waals surface area contributed by atoms with Gasteiger partial charge < -0.3 is 4.74 Å². The van der Waals surface area contributed by atoms with E-state index in [2.05, 4.69) is 55.5 Å². The van der Waals surface area contributed by atoms with E-state index in [4.69, 9.17) is 4.74 Å². The highest BCUT2D eigenvalue weighted by Gasteiger charge is 2.37. The molecule has 47 heavy (non-hydrogen) atoms. The number of fused-ring (bicyclic) bond motifs is 2. The van der Waals surface area contributed by atoms with Crippen LogP contribution in [0, 0.1) is 6.92 Å². The Hall–Kier alpha value is -6.15. The molecule has 0 saturated heterocycles. The van der Waals surface area contributed by atoms with Crippen LogP contribution >= 0.6 is 0 Å². The van der Waals surface area contributed by atoms with Gasteiger partial charge >= 0.3 is 5.97 Å². The fourth-order valence-corrected chi connectivity index (χ4v) is 5.89. The molecule has 0 aromatic heterocycles. The fourth-order valence-electron chi connectivity index (χ4n) is 5.89. The van der Waals surface area contributed by atoms with Crippen LogP contribution in [0.5, 0.6) is 5.75 Å². The van der Waals surface area contributed by atoms with Crippen LogP contribution in [-0.2, 0) is 12.8 Å². The summed E-state index contributed by atoms with van der Waals surface area (Å²) in [7, 11) is 1.38. The zero-order chi connectivity index (χ0) is 32.8. The molecule has 0 bridgehead atoms. The minimum absolute atomic E-state index is 0.0620. The van der Waals surface area contributed by atoms with Gasteiger partial charge in [0, 0.05) is 7.05 Å². The van der Waals surface area contributed by atoms with Crippen molar-refractivity contribution in [3.05, 3.63) is 165 Å². The molecule has 0 radical (unpaired) electrons. The van der Waals surface area contributed by atoms with Crippen LogP contribution in [0.15, 0.2) is 109 Å². The molecule has 2 aliphatic rings. The number of carbonyl (C=O) groups excluding carboxylic acids is 5. The summed E-state index contributed by atoms with van der Waals surface area (Å²) in [5.41, 5.74) is 7.08. The molecule has 0 spiro atoms. The monoisotopic (exact) mass is 620 g/mol. The maximum absolute atomic E-state index is 13.4. The highest BCUT2D eigenvalue weighted by Crippen LogP contribution is 2.31. The predicted molar refractivity (Wildman–Crippen MR) is 175 cm³/mol. The number of esters is 1. The van der Waals surface area contributed by atoms with E-state index in [0.717, 1.165) is 27.3 Å². The highest BCUT2D eigenvalue weighted by atomic mass is 16.5. The molecule has 0 N–H and O–H groups in total. The maximum atomic E-state index is 13.4. The zero-order valence-corrected chi connectivity index (χ0v) is 25.7. The Morgan fingerprint density at radius 1 is 0.553 bits per heavy atom. The lowest BCUT2D eigenvalue weighted by Crippen LogP contribution is -2.29. The Labute approximate surface area is 270 Å². The Kier molecular flexibility index (Phi) is 7.33. The van der Waals surface area contributed by atoms with Gasteiger partial charge in [-0.05, 0) is 90.6 Å². The standard InChI is InChI=1S/C39H28N2O6/c1-23-3-5-24(6-4-23)19-25-7-9-26(10-8-25)20-27-11-14-29(15-12-27)41-37(44)32-17-13-28(21-33(32)38(41)45)39(46)47-30-16-18-31-34(22-30)36(43)40(2)35(31)42/h3-18,21-22H,19-20H2,1-2H3. The minimum atomic E-state index is -0.774. The SMILES string of the molecule is Cc1ccc(Cc2ccc(Cc3ccc(N4C(=O)c5ccc(C(=O)Oc6ccc7c(c6)C(=O)N(C)C7=O)cc5C4=O)cc3)cc2)cc1. The van der Waals surface area contributed by atoms with E-state index >= 15 is 0 Å². The number of rotatable bonds is 7. The number of benzene rings is 5. The third-order valence-electron chi connectivity index (χ3n) is 8.55. The summed E-state index contributed by atoms with van der Waals surface area (Å²) in [4.78, 5) is 66.2. The quantitative estimate of drug-likeness (QED) is 0.118. The van der Waals surface area contributed by atoms with Crippen LogP contribution in [0.1, 0.15) is 79.6 Å². The molecule has 0 unspecified atom stereocenters. The van der Waals surface area contributed by atoms with Crippen LogP contribution in [0.4, 0.5) is 5.69 Å². The van der Waals surface area contributed by atoms with Gasteiger partial charge in [0.2, 0.25) is 0 Å². The second-order valence-corrected chi connectivity index (χ2v) is 11.8. The van der Waals surface area contributed by atoms with Gasteiger partial charge in [-0.3, -0.25) is 24.1 Å². The first kappa shape index (κ1) is 29.6. The third kappa shape index (κ3) is 5.50. The second-order valence-electron chi connectivity index (χ2n) is 11.8. The number of hydrogen-bond donors (Lipinski definition) is 0. The van der Waals surface area contributed by atoms with Crippen molar-refractivity contribution in [3.63, 3.8) is 0 Å². The molecule has 8 heteroatoms. The van der Waals surface area contributed by atoms with Crippen molar-refractivity contribution in [1.82, 2.24) is 4.90 Å². The lowest BCUT2D eigenvalue weighted by atomic mass is 10.00. The van der Waals surface area contributed by atoms with Gasteiger partial charge in [-0.15, -0.1) is 0 Å².